The van der Waals surface area contributed by atoms with Gasteiger partial charge in [0.2, 0.25) is 20.8 Å². The van der Waals surface area contributed by atoms with Gasteiger partial charge in [-0.1, -0.05) is 11.6 Å². The van der Waals surface area contributed by atoms with Crippen LogP contribution in [0.15, 0.2) is 44.3 Å². The molecule has 3 aliphatic rings. The van der Waals surface area contributed by atoms with Crippen LogP contribution in [0, 0.1) is 0 Å². The lowest BCUT2D eigenvalue weighted by Gasteiger charge is -2.68. The average Bonchev–Trinajstić information content (AvgIpc) is 3.14. The molecule has 0 atom stereocenters. The highest BCUT2D eigenvalue weighted by molar-refractivity contribution is 7.90. The van der Waals surface area contributed by atoms with Crippen LogP contribution in [0.2, 0.25) is 5.02 Å². The maximum absolute atomic E-state index is 12.4. The van der Waals surface area contributed by atoms with E-state index in [1.54, 1.807) is 18.2 Å². The standard InChI is InChI=1S/C18H15ClN2O5S/c1-27(23,24)14-5-4-13(25-14)15(22)21-18-7-17(8-18,9-18)16-20-11-6-10(19)2-3-12(11)26-16/h2-6H,7-9H2,1H3,(H,21,22). The van der Waals surface area contributed by atoms with E-state index in [1.807, 2.05) is 0 Å². The van der Waals surface area contributed by atoms with Crippen molar-refractivity contribution in [3.05, 3.63) is 47.0 Å². The molecule has 1 N–H and O–H groups in total. The van der Waals surface area contributed by atoms with Gasteiger partial charge in [-0.2, -0.15) is 0 Å². The highest BCUT2D eigenvalue weighted by Gasteiger charge is 2.71. The number of carbonyl (C=O) groups is 1. The van der Waals surface area contributed by atoms with Crippen LogP contribution in [0.4, 0.5) is 0 Å². The molecule has 1 amide bonds. The minimum atomic E-state index is -3.48. The van der Waals surface area contributed by atoms with Crippen LogP contribution in [0.3, 0.4) is 0 Å². The van der Waals surface area contributed by atoms with Crippen LogP contribution in [0.1, 0.15) is 35.7 Å². The number of carbonyl (C=O) groups excluding carboxylic acids is 1. The van der Waals surface area contributed by atoms with Crippen molar-refractivity contribution < 1.29 is 22.0 Å². The molecular weight excluding hydrogens is 392 g/mol. The summed E-state index contributed by atoms with van der Waals surface area (Å²) < 4.78 is 34.0. The lowest BCUT2D eigenvalue weighted by Crippen LogP contribution is -2.76. The predicted molar refractivity (Wildman–Crippen MR) is 96.6 cm³/mol. The van der Waals surface area contributed by atoms with Crippen LogP contribution in [-0.2, 0) is 15.3 Å². The molecule has 1 aromatic carbocycles. The number of benzene rings is 1. The van der Waals surface area contributed by atoms with E-state index < -0.39 is 15.7 Å². The third kappa shape index (κ3) is 2.50. The number of nitrogens with zero attached hydrogens (tertiary/aromatic N) is 1. The van der Waals surface area contributed by atoms with Gasteiger partial charge in [-0.05, 0) is 49.6 Å². The summed E-state index contributed by atoms with van der Waals surface area (Å²) in [7, 11) is -3.48. The fourth-order valence-electron chi connectivity index (χ4n) is 4.22. The molecule has 3 aromatic rings. The van der Waals surface area contributed by atoms with Gasteiger partial charge in [0.25, 0.3) is 5.91 Å². The van der Waals surface area contributed by atoms with Gasteiger partial charge in [0, 0.05) is 16.8 Å². The Bertz CT molecular complexity index is 1190. The Balaban J connectivity index is 1.30. The van der Waals surface area contributed by atoms with Crippen molar-refractivity contribution in [2.45, 2.75) is 35.3 Å². The molecule has 0 aliphatic heterocycles. The smallest absolute Gasteiger partial charge is 0.287 e. The van der Waals surface area contributed by atoms with Crippen LogP contribution >= 0.6 is 11.6 Å². The summed E-state index contributed by atoms with van der Waals surface area (Å²) in [6.45, 7) is 0. The molecule has 3 aliphatic carbocycles. The Morgan fingerprint density at radius 1 is 1.19 bits per heavy atom. The molecule has 2 aromatic heterocycles. The van der Waals surface area contributed by atoms with Crippen LogP contribution in [-0.4, -0.2) is 31.1 Å². The number of nitrogens with one attached hydrogen (secondary N) is 1. The number of hydrogen-bond donors (Lipinski definition) is 1. The second kappa shape index (κ2) is 5.14. The van der Waals surface area contributed by atoms with Crippen molar-refractivity contribution >= 4 is 38.4 Å². The van der Waals surface area contributed by atoms with Crippen molar-refractivity contribution in [3.63, 3.8) is 0 Å². The molecule has 0 spiro atoms. The number of fused-ring (bicyclic) bond motifs is 1. The molecule has 2 bridgehead atoms. The maximum Gasteiger partial charge on any atom is 0.287 e. The van der Waals surface area contributed by atoms with Crippen LogP contribution in [0.5, 0.6) is 0 Å². The maximum atomic E-state index is 12.4. The molecule has 0 unspecified atom stereocenters. The monoisotopic (exact) mass is 406 g/mol. The number of halogens is 1. The quantitative estimate of drug-likeness (QED) is 0.714. The molecule has 6 rings (SSSR count). The van der Waals surface area contributed by atoms with Gasteiger partial charge in [-0.3, -0.25) is 4.79 Å². The summed E-state index contributed by atoms with van der Waals surface area (Å²) in [5, 5.41) is 3.35. The Kier molecular flexibility index (Phi) is 3.20. The number of aromatic nitrogens is 1. The number of sulfone groups is 1. The van der Waals surface area contributed by atoms with Crippen LogP contribution in [0.25, 0.3) is 11.1 Å². The number of oxazole rings is 1. The zero-order chi connectivity index (χ0) is 19.0. The van der Waals surface area contributed by atoms with Gasteiger partial charge in [-0.25, -0.2) is 13.4 Å². The van der Waals surface area contributed by atoms with E-state index in [0.29, 0.717) is 16.5 Å². The Morgan fingerprint density at radius 2 is 1.93 bits per heavy atom. The lowest BCUT2D eigenvalue weighted by atomic mass is 9.39. The Morgan fingerprint density at radius 3 is 2.59 bits per heavy atom. The van der Waals surface area contributed by atoms with Crippen molar-refractivity contribution in [1.82, 2.24) is 10.3 Å². The molecule has 7 nitrogen and oxygen atoms in total. The molecule has 3 fully saturated rings. The summed E-state index contributed by atoms with van der Waals surface area (Å²) in [6.07, 6.45) is 3.22. The van der Waals surface area contributed by atoms with Gasteiger partial charge in [0.05, 0.1) is 5.41 Å². The van der Waals surface area contributed by atoms with Gasteiger partial charge >= 0.3 is 0 Å². The van der Waals surface area contributed by atoms with Crippen molar-refractivity contribution in [1.29, 1.82) is 0 Å². The molecule has 0 saturated heterocycles. The largest absolute Gasteiger partial charge is 0.440 e. The number of rotatable bonds is 4. The minimum Gasteiger partial charge on any atom is -0.440 e. The number of furan rings is 1. The predicted octanol–water partition coefficient (Wildman–Crippen LogP) is 3.08. The summed E-state index contributed by atoms with van der Waals surface area (Å²) >= 11 is 5.99. The van der Waals surface area contributed by atoms with E-state index in [4.69, 9.17) is 20.4 Å². The van der Waals surface area contributed by atoms with Gasteiger partial charge in [0.1, 0.15) is 5.52 Å². The molecule has 140 valence electrons. The molecule has 2 heterocycles. The highest BCUT2D eigenvalue weighted by Crippen LogP contribution is 2.67. The van der Waals surface area contributed by atoms with Crippen molar-refractivity contribution in [2.75, 3.05) is 6.26 Å². The van der Waals surface area contributed by atoms with E-state index in [-0.39, 0.29) is 21.8 Å². The normalized spacial score (nSPS) is 26.4. The molecule has 0 radical (unpaired) electrons. The second-order valence-electron chi connectivity index (χ2n) is 7.57. The van der Waals surface area contributed by atoms with Gasteiger partial charge < -0.3 is 14.2 Å². The highest BCUT2D eigenvalue weighted by atomic mass is 35.5. The topological polar surface area (TPSA) is 102 Å². The Labute approximate surface area is 159 Å². The molecule has 27 heavy (non-hydrogen) atoms. The minimum absolute atomic E-state index is 0.00861. The summed E-state index contributed by atoms with van der Waals surface area (Å²) in [6, 6.07) is 7.99. The zero-order valence-corrected chi connectivity index (χ0v) is 15.9. The second-order valence-corrected chi connectivity index (χ2v) is 9.95. The van der Waals surface area contributed by atoms with E-state index >= 15 is 0 Å². The SMILES string of the molecule is CS(=O)(=O)c1ccc(C(=O)NC23CC(c4nc5cc(Cl)ccc5o4)(C2)C3)o1. The fourth-order valence-corrected chi connectivity index (χ4v) is 4.94. The molecular formula is C18H15ClN2O5S. The first-order chi connectivity index (χ1) is 12.7. The van der Waals surface area contributed by atoms with Crippen molar-refractivity contribution in [3.8, 4) is 0 Å². The van der Waals surface area contributed by atoms with E-state index in [0.717, 1.165) is 31.0 Å². The molecule has 9 heteroatoms. The lowest BCUT2D eigenvalue weighted by molar-refractivity contribution is -0.0958. The average molecular weight is 407 g/mol. The number of amides is 1. The third-order valence-corrected chi connectivity index (χ3v) is 6.57. The molecule has 3 saturated carbocycles. The first-order valence-electron chi connectivity index (χ1n) is 8.37. The van der Waals surface area contributed by atoms with Gasteiger partial charge in [-0.15, -0.1) is 0 Å². The summed E-state index contributed by atoms with van der Waals surface area (Å²) in [4.78, 5) is 16.9. The number of hydrogen-bond acceptors (Lipinski definition) is 6. The van der Waals surface area contributed by atoms with E-state index in [9.17, 15) is 13.2 Å². The summed E-state index contributed by atoms with van der Waals surface area (Å²) in [5.74, 6) is 0.251. The first-order valence-corrected chi connectivity index (χ1v) is 10.6. The van der Waals surface area contributed by atoms with E-state index in [2.05, 4.69) is 10.3 Å². The summed E-state index contributed by atoms with van der Waals surface area (Å²) in [5.41, 5.74) is 0.957. The first kappa shape index (κ1) is 16.8. The van der Waals surface area contributed by atoms with Crippen LogP contribution < -0.4 is 5.32 Å². The van der Waals surface area contributed by atoms with E-state index in [1.165, 1.54) is 12.1 Å². The van der Waals surface area contributed by atoms with Crippen molar-refractivity contribution in [2.24, 2.45) is 0 Å². The Hall–Kier alpha value is -2.32. The third-order valence-electron chi connectivity index (χ3n) is 5.38. The van der Waals surface area contributed by atoms with Gasteiger partial charge in [0.15, 0.2) is 11.3 Å². The zero-order valence-electron chi connectivity index (χ0n) is 14.3. The fraction of sp³-hybridized carbons (Fsp3) is 0.333.